The van der Waals surface area contributed by atoms with Crippen molar-refractivity contribution >= 4 is 0 Å². The van der Waals surface area contributed by atoms with Gasteiger partial charge in [0.2, 0.25) is 0 Å². The van der Waals surface area contributed by atoms with Gasteiger partial charge in [-0.25, -0.2) is 0 Å². The molecule has 1 fully saturated rings. The van der Waals surface area contributed by atoms with Crippen LogP contribution in [0.15, 0.2) is 18.2 Å². The fourth-order valence-corrected chi connectivity index (χ4v) is 3.27. The second-order valence-electron chi connectivity index (χ2n) is 5.40. The van der Waals surface area contributed by atoms with Crippen molar-refractivity contribution in [3.63, 3.8) is 0 Å². The zero-order valence-electron chi connectivity index (χ0n) is 11.4. The van der Waals surface area contributed by atoms with E-state index in [1.165, 1.54) is 5.56 Å². The molecule has 2 atom stereocenters. The Kier molecular flexibility index (Phi) is 3.73. The minimum absolute atomic E-state index is 0.252. The number of methoxy groups -OCH3 is 1. The van der Waals surface area contributed by atoms with Crippen LogP contribution in [-0.2, 0) is 6.42 Å². The number of nitrogens with zero attached hydrogens (tertiary/aromatic N) is 1. The Hall–Kier alpha value is -1.10. The SMILES string of the molecule is COc1ccc2c(c1)C(O)C(N1CCNCC1)CC2. The van der Waals surface area contributed by atoms with Crippen molar-refractivity contribution in [3.05, 3.63) is 29.3 Å². The van der Waals surface area contributed by atoms with Crippen LogP contribution in [0.2, 0.25) is 0 Å². The van der Waals surface area contributed by atoms with E-state index in [0.717, 1.165) is 50.3 Å². The van der Waals surface area contributed by atoms with Crippen LogP contribution in [-0.4, -0.2) is 49.3 Å². The third-order valence-corrected chi connectivity index (χ3v) is 4.37. The van der Waals surface area contributed by atoms with Crippen LogP contribution in [0.1, 0.15) is 23.7 Å². The molecule has 1 heterocycles. The molecular weight excluding hydrogens is 240 g/mol. The minimum Gasteiger partial charge on any atom is -0.497 e. The smallest absolute Gasteiger partial charge is 0.119 e. The number of rotatable bonds is 2. The van der Waals surface area contributed by atoms with Crippen LogP contribution in [0.25, 0.3) is 0 Å². The summed E-state index contributed by atoms with van der Waals surface area (Å²) in [6.45, 7) is 4.10. The Balaban J connectivity index is 1.83. The molecule has 1 aliphatic carbocycles. The topological polar surface area (TPSA) is 44.7 Å². The molecule has 1 aromatic rings. The number of hydrogen-bond donors (Lipinski definition) is 2. The number of aliphatic hydroxyl groups is 1. The number of aliphatic hydroxyl groups excluding tert-OH is 1. The molecule has 0 saturated carbocycles. The van der Waals surface area contributed by atoms with Gasteiger partial charge in [-0.05, 0) is 36.1 Å². The molecule has 2 unspecified atom stereocenters. The molecule has 0 radical (unpaired) electrons. The van der Waals surface area contributed by atoms with Crippen molar-refractivity contribution in [2.75, 3.05) is 33.3 Å². The molecule has 1 saturated heterocycles. The lowest BCUT2D eigenvalue weighted by Gasteiger charge is -2.40. The minimum atomic E-state index is -0.392. The summed E-state index contributed by atoms with van der Waals surface area (Å²) in [4.78, 5) is 2.42. The predicted molar refractivity (Wildman–Crippen MR) is 74.5 cm³/mol. The van der Waals surface area contributed by atoms with Gasteiger partial charge in [0.1, 0.15) is 5.75 Å². The highest BCUT2D eigenvalue weighted by Crippen LogP contribution is 2.35. The van der Waals surface area contributed by atoms with Crippen molar-refractivity contribution in [1.29, 1.82) is 0 Å². The van der Waals surface area contributed by atoms with E-state index in [1.807, 2.05) is 12.1 Å². The van der Waals surface area contributed by atoms with Gasteiger partial charge < -0.3 is 15.2 Å². The summed E-state index contributed by atoms with van der Waals surface area (Å²) in [6, 6.07) is 6.32. The molecule has 0 spiro atoms. The fraction of sp³-hybridized carbons (Fsp3) is 0.600. The molecule has 0 aromatic heterocycles. The third-order valence-electron chi connectivity index (χ3n) is 4.37. The quantitative estimate of drug-likeness (QED) is 0.833. The number of piperazine rings is 1. The summed E-state index contributed by atoms with van der Waals surface area (Å²) in [5.74, 6) is 0.832. The summed E-state index contributed by atoms with van der Waals surface area (Å²) in [5.41, 5.74) is 2.31. The van der Waals surface area contributed by atoms with Crippen molar-refractivity contribution in [2.45, 2.75) is 25.0 Å². The molecule has 0 bridgehead atoms. The maximum atomic E-state index is 10.7. The van der Waals surface area contributed by atoms with E-state index in [4.69, 9.17) is 4.74 Å². The molecule has 1 aliphatic heterocycles. The lowest BCUT2D eigenvalue weighted by molar-refractivity contribution is 0.0296. The van der Waals surface area contributed by atoms with Crippen molar-refractivity contribution in [1.82, 2.24) is 10.2 Å². The second-order valence-corrected chi connectivity index (χ2v) is 5.40. The van der Waals surface area contributed by atoms with E-state index >= 15 is 0 Å². The van der Waals surface area contributed by atoms with E-state index in [0.29, 0.717) is 0 Å². The summed E-state index contributed by atoms with van der Waals surface area (Å²) >= 11 is 0. The van der Waals surface area contributed by atoms with Crippen LogP contribution in [0, 0.1) is 0 Å². The first-order valence-corrected chi connectivity index (χ1v) is 7.09. The average molecular weight is 262 g/mol. The largest absolute Gasteiger partial charge is 0.497 e. The highest BCUT2D eigenvalue weighted by Gasteiger charge is 2.32. The molecule has 104 valence electrons. The van der Waals surface area contributed by atoms with Gasteiger partial charge in [-0.1, -0.05) is 6.07 Å². The lowest BCUT2D eigenvalue weighted by Crippen LogP contribution is -2.51. The number of aryl methyl sites for hydroxylation is 1. The molecule has 4 heteroatoms. The Morgan fingerprint density at radius 1 is 1.32 bits per heavy atom. The van der Waals surface area contributed by atoms with Crippen LogP contribution in [0.5, 0.6) is 5.75 Å². The van der Waals surface area contributed by atoms with Crippen molar-refractivity contribution in [2.24, 2.45) is 0 Å². The van der Waals surface area contributed by atoms with Gasteiger partial charge in [-0.3, -0.25) is 4.90 Å². The Labute approximate surface area is 114 Å². The van der Waals surface area contributed by atoms with Crippen molar-refractivity contribution < 1.29 is 9.84 Å². The molecule has 19 heavy (non-hydrogen) atoms. The van der Waals surface area contributed by atoms with Gasteiger partial charge in [0.25, 0.3) is 0 Å². The summed E-state index contributed by atoms with van der Waals surface area (Å²) < 4.78 is 5.27. The summed E-state index contributed by atoms with van der Waals surface area (Å²) in [6.07, 6.45) is 1.70. The maximum absolute atomic E-state index is 10.7. The number of ether oxygens (including phenoxy) is 1. The zero-order chi connectivity index (χ0) is 13.2. The normalized spacial score (nSPS) is 27.9. The Bertz CT molecular complexity index is 444. The number of benzene rings is 1. The van der Waals surface area contributed by atoms with E-state index in [9.17, 15) is 5.11 Å². The van der Waals surface area contributed by atoms with E-state index < -0.39 is 6.10 Å². The molecule has 0 amide bonds. The van der Waals surface area contributed by atoms with Crippen molar-refractivity contribution in [3.8, 4) is 5.75 Å². The van der Waals surface area contributed by atoms with Gasteiger partial charge >= 0.3 is 0 Å². The standard InChI is InChI=1S/C15H22N2O2/c1-19-12-4-2-11-3-5-14(15(18)13(11)10-12)17-8-6-16-7-9-17/h2,4,10,14-16,18H,3,5-9H2,1H3. The van der Waals surface area contributed by atoms with Gasteiger partial charge in [0.05, 0.1) is 13.2 Å². The molecular formula is C15H22N2O2. The molecule has 2 N–H and O–H groups in total. The summed E-state index contributed by atoms with van der Waals surface area (Å²) in [7, 11) is 1.67. The monoisotopic (exact) mass is 262 g/mol. The Morgan fingerprint density at radius 2 is 2.11 bits per heavy atom. The summed E-state index contributed by atoms with van der Waals surface area (Å²) in [5, 5.41) is 14.0. The first kappa shape index (κ1) is 12.9. The van der Waals surface area contributed by atoms with Crippen LogP contribution in [0.3, 0.4) is 0 Å². The van der Waals surface area contributed by atoms with Crippen LogP contribution >= 0.6 is 0 Å². The van der Waals surface area contributed by atoms with Gasteiger partial charge in [-0.2, -0.15) is 0 Å². The van der Waals surface area contributed by atoms with Crippen LogP contribution < -0.4 is 10.1 Å². The highest BCUT2D eigenvalue weighted by molar-refractivity contribution is 5.39. The third kappa shape index (κ3) is 2.48. The van der Waals surface area contributed by atoms with Gasteiger partial charge in [0.15, 0.2) is 0 Å². The maximum Gasteiger partial charge on any atom is 0.119 e. The van der Waals surface area contributed by atoms with E-state index in [2.05, 4.69) is 16.3 Å². The Morgan fingerprint density at radius 3 is 2.84 bits per heavy atom. The first-order valence-electron chi connectivity index (χ1n) is 7.09. The van der Waals surface area contributed by atoms with Gasteiger partial charge in [0, 0.05) is 32.2 Å². The second kappa shape index (κ2) is 5.49. The first-order chi connectivity index (χ1) is 9.29. The molecule has 1 aromatic carbocycles. The van der Waals surface area contributed by atoms with E-state index in [-0.39, 0.29) is 6.04 Å². The van der Waals surface area contributed by atoms with Gasteiger partial charge in [-0.15, -0.1) is 0 Å². The van der Waals surface area contributed by atoms with Crippen LogP contribution in [0.4, 0.5) is 0 Å². The average Bonchev–Trinajstić information content (AvgIpc) is 2.48. The molecule has 4 nitrogen and oxygen atoms in total. The number of nitrogens with one attached hydrogen (secondary N) is 1. The fourth-order valence-electron chi connectivity index (χ4n) is 3.27. The zero-order valence-corrected chi connectivity index (χ0v) is 11.4. The predicted octanol–water partition coefficient (Wildman–Crippen LogP) is 0.949. The molecule has 3 rings (SSSR count). The lowest BCUT2D eigenvalue weighted by atomic mass is 9.84. The number of fused-ring (bicyclic) bond motifs is 1. The molecule has 2 aliphatic rings. The number of hydrogen-bond acceptors (Lipinski definition) is 4. The van der Waals surface area contributed by atoms with E-state index in [1.54, 1.807) is 7.11 Å². The highest BCUT2D eigenvalue weighted by atomic mass is 16.5.